The van der Waals surface area contributed by atoms with Crippen LogP contribution in [0.25, 0.3) is 0 Å². The molecule has 17 heteroatoms. The second kappa shape index (κ2) is 23.4. The van der Waals surface area contributed by atoms with E-state index in [0.29, 0.717) is 12.8 Å². The first-order chi connectivity index (χ1) is 23.2. The Bertz CT molecular complexity index is 1140. The minimum Gasteiger partial charge on any atom is -0.480 e. The molecule has 0 fully saturated rings. The highest BCUT2D eigenvalue weighted by Crippen LogP contribution is 2.12. The standard InChI is InChI=1S/C33H63N9O8/c1-9-20(8)26(31(48)41-25(16-43)30(47)40-24(32(49)50)15-19(6)7)42-28(45)22(11-10-12-37-33(35)36)38-29(46)23(14-18(4)5)39-27(44)21(34)13-17(2)3/h17-26,43H,9-16,34H2,1-8H3,(H,38,46)(H,39,44)(H,40,47)(H,41,48)(H,42,45)(H,49,50)(H4,35,36,37)/t20-,21-,22-,23-,24-,25-,26-/m0/s1. The Kier molecular flexibility index (Phi) is 21.6. The van der Waals surface area contributed by atoms with Crippen molar-refractivity contribution < 1.29 is 39.0 Å². The molecular formula is C33H63N9O8. The number of carbonyl (C=O) groups is 6. The average Bonchev–Trinajstić information content (AvgIpc) is 3.01. The summed E-state index contributed by atoms with van der Waals surface area (Å²) in [5.74, 6) is -5.34. The van der Waals surface area contributed by atoms with Crippen molar-refractivity contribution in [2.45, 2.75) is 130 Å². The third kappa shape index (κ3) is 18.1. The molecule has 0 aromatic carbocycles. The van der Waals surface area contributed by atoms with Crippen LogP contribution in [0.4, 0.5) is 0 Å². The summed E-state index contributed by atoms with van der Waals surface area (Å²) in [6, 6.07) is -6.97. The van der Waals surface area contributed by atoms with Gasteiger partial charge in [0.1, 0.15) is 30.2 Å². The molecule has 7 atom stereocenters. The Morgan fingerprint density at radius 2 is 1.10 bits per heavy atom. The Hall–Kier alpha value is -3.99. The maximum Gasteiger partial charge on any atom is 0.326 e. The number of nitrogens with two attached hydrogens (primary N) is 3. The van der Waals surface area contributed by atoms with Crippen LogP contribution >= 0.6 is 0 Å². The van der Waals surface area contributed by atoms with Gasteiger partial charge in [-0.1, -0.05) is 61.8 Å². The Balaban J connectivity index is 6.18. The molecule has 0 rings (SSSR count). The number of rotatable bonds is 24. The normalized spacial score (nSPS) is 15.5. The van der Waals surface area contributed by atoms with E-state index in [4.69, 9.17) is 17.2 Å². The minimum absolute atomic E-state index is 0.00665. The number of hydrogen-bond donors (Lipinski definition) is 10. The molecule has 0 saturated carbocycles. The first-order valence-corrected chi connectivity index (χ1v) is 17.4. The van der Waals surface area contributed by atoms with Gasteiger partial charge in [-0.05, 0) is 55.8 Å². The third-order valence-corrected chi connectivity index (χ3v) is 7.91. The van der Waals surface area contributed by atoms with Crippen molar-refractivity contribution in [1.82, 2.24) is 26.6 Å². The Labute approximate surface area is 296 Å². The number of aliphatic imine (C=N–C) groups is 1. The van der Waals surface area contributed by atoms with Crippen molar-refractivity contribution in [3.63, 3.8) is 0 Å². The predicted octanol–water partition coefficient (Wildman–Crippen LogP) is -0.947. The molecule has 0 bridgehead atoms. The van der Waals surface area contributed by atoms with Crippen LogP contribution < -0.4 is 43.8 Å². The van der Waals surface area contributed by atoms with Crippen molar-refractivity contribution >= 4 is 41.5 Å². The van der Waals surface area contributed by atoms with Gasteiger partial charge >= 0.3 is 5.97 Å². The summed E-state index contributed by atoms with van der Waals surface area (Å²) in [6.45, 7) is 14.0. The van der Waals surface area contributed by atoms with Crippen molar-refractivity contribution in [2.24, 2.45) is 45.9 Å². The van der Waals surface area contributed by atoms with E-state index in [1.807, 2.05) is 27.7 Å². The van der Waals surface area contributed by atoms with Crippen LogP contribution in [0.2, 0.25) is 0 Å². The van der Waals surface area contributed by atoms with Gasteiger partial charge < -0.3 is 54.0 Å². The lowest BCUT2D eigenvalue weighted by Crippen LogP contribution is -2.61. The number of amides is 5. The minimum atomic E-state index is -1.50. The fourth-order valence-corrected chi connectivity index (χ4v) is 5.02. The van der Waals surface area contributed by atoms with E-state index < -0.39 is 84.3 Å². The van der Waals surface area contributed by atoms with E-state index >= 15 is 0 Å². The summed E-state index contributed by atoms with van der Waals surface area (Å²) in [5.41, 5.74) is 16.9. The summed E-state index contributed by atoms with van der Waals surface area (Å²) >= 11 is 0. The van der Waals surface area contributed by atoms with E-state index in [-0.39, 0.29) is 55.9 Å². The predicted molar refractivity (Wildman–Crippen MR) is 190 cm³/mol. The molecular weight excluding hydrogens is 650 g/mol. The highest BCUT2D eigenvalue weighted by molar-refractivity contribution is 5.96. The molecule has 17 nitrogen and oxygen atoms in total. The zero-order chi connectivity index (χ0) is 38.7. The molecule has 0 heterocycles. The van der Waals surface area contributed by atoms with E-state index in [0.717, 1.165) is 0 Å². The molecule has 0 aromatic rings. The molecule has 0 unspecified atom stereocenters. The number of hydrogen-bond acceptors (Lipinski definition) is 9. The summed E-state index contributed by atoms with van der Waals surface area (Å²) < 4.78 is 0. The zero-order valence-electron chi connectivity index (χ0n) is 31.0. The van der Waals surface area contributed by atoms with Crippen LogP contribution in [0.15, 0.2) is 4.99 Å². The van der Waals surface area contributed by atoms with E-state index in [1.165, 1.54) is 0 Å². The van der Waals surface area contributed by atoms with E-state index in [1.54, 1.807) is 27.7 Å². The molecule has 5 amide bonds. The van der Waals surface area contributed by atoms with Crippen LogP contribution in [0.3, 0.4) is 0 Å². The molecule has 50 heavy (non-hydrogen) atoms. The molecule has 0 aliphatic carbocycles. The summed E-state index contributed by atoms with van der Waals surface area (Å²) in [7, 11) is 0. The summed E-state index contributed by atoms with van der Waals surface area (Å²) in [6.07, 6.45) is 1.55. The molecule has 0 aromatic heterocycles. The number of guanidine groups is 1. The molecule has 0 spiro atoms. The lowest BCUT2D eigenvalue weighted by atomic mass is 9.96. The van der Waals surface area contributed by atoms with Gasteiger partial charge in [-0.25, -0.2) is 4.79 Å². The van der Waals surface area contributed by atoms with Crippen LogP contribution in [0.1, 0.15) is 93.9 Å². The SMILES string of the molecule is CC[C@H](C)[C@H](NC(=O)[C@H](CCCN=C(N)N)NC(=O)[C@H](CC(C)C)NC(=O)[C@@H](N)CC(C)C)C(=O)N[C@@H](CO)C(=O)N[C@@H](CC(C)C)C(=O)O. The van der Waals surface area contributed by atoms with Crippen LogP contribution in [-0.2, 0) is 28.8 Å². The largest absolute Gasteiger partial charge is 0.480 e. The summed E-state index contributed by atoms with van der Waals surface area (Å²) in [4.78, 5) is 82.1. The van der Waals surface area contributed by atoms with Gasteiger partial charge in [-0.2, -0.15) is 0 Å². The maximum atomic E-state index is 13.8. The number of carboxylic acids is 1. The van der Waals surface area contributed by atoms with Gasteiger partial charge in [0.2, 0.25) is 29.5 Å². The van der Waals surface area contributed by atoms with E-state index in [9.17, 15) is 39.0 Å². The second-order valence-electron chi connectivity index (χ2n) is 14.1. The number of aliphatic hydroxyl groups is 1. The molecule has 0 radical (unpaired) electrons. The van der Waals surface area contributed by atoms with Crippen molar-refractivity contribution in [3.05, 3.63) is 0 Å². The van der Waals surface area contributed by atoms with Crippen molar-refractivity contribution in [3.8, 4) is 0 Å². The number of carbonyl (C=O) groups excluding carboxylic acids is 5. The quantitative estimate of drug-likeness (QED) is 0.0331. The molecule has 13 N–H and O–H groups in total. The highest BCUT2D eigenvalue weighted by Gasteiger charge is 2.34. The highest BCUT2D eigenvalue weighted by atomic mass is 16.4. The average molecular weight is 714 g/mol. The summed E-state index contributed by atoms with van der Waals surface area (Å²) in [5, 5.41) is 32.3. The van der Waals surface area contributed by atoms with Gasteiger partial charge in [-0.3, -0.25) is 29.0 Å². The number of nitrogens with one attached hydrogen (secondary N) is 5. The van der Waals surface area contributed by atoms with Gasteiger partial charge in [-0.15, -0.1) is 0 Å². The van der Waals surface area contributed by atoms with Crippen molar-refractivity contribution in [2.75, 3.05) is 13.2 Å². The number of carboxylic acid groups (broad SMARTS) is 1. The smallest absolute Gasteiger partial charge is 0.326 e. The van der Waals surface area contributed by atoms with Crippen molar-refractivity contribution in [1.29, 1.82) is 0 Å². The lowest BCUT2D eigenvalue weighted by molar-refractivity contribution is -0.143. The Morgan fingerprint density at radius 1 is 0.640 bits per heavy atom. The number of nitrogens with zero attached hydrogens (tertiary/aromatic N) is 1. The maximum absolute atomic E-state index is 13.8. The van der Waals surface area contributed by atoms with Crippen LogP contribution in [-0.4, -0.2) is 101 Å². The molecule has 0 aliphatic rings. The monoisotopic (exact) mass is 713 g/mol. The van der Waals surface area contributed by atoms with Gasteiger partial charge in [0.15, 0.2) is 5.96 Å². The van der Waals surface area contributed by atoms with Crippen LogP contribution in [0.5, 0.6) is 0 Å². The topological polar surface area (TPSA) is 293 Å². The molecule has 0 saturated heterocycles. The Morgan fingerprint density at radius 3 is 1.58 bits per heavy atom. The first kappa shape index (κ1) is 46.0. The van der Waals surface area contributed by atoms with E-state index in [2.05, 4.69) is 31.6 Å². The van der Waals surface area contributed by atoms with Gasteiger partial charge in [0.05, 0.1) is 12.6 Å². The zero-order valence-corrected chi connectivity index (χ0v) is 31.0. The van der Waals surface area contributed by atoms with Gasteiger partial charge in [0.25, 0.3) is 0 Å². The second-order valence-corrected chi connectivity index (χ2v) is 14.1. The molecule has 0 aliphatic heterocycles. The molecule has 288 valence electrons. The fourth-order valence-electron chi connectivity index (χ4n) is 5.02. The van der Waals surface area contributed by atoms with Crippen LogP contribution in [0, 0.1) is 23.7 Å². The van der Waals surface area contributed by atoms with Gasteiger partial charge in [0, 0.05) is 6.54 Å². The number of aliphatic hydroxyl groups excluding tert-OH is 1. The number of aliphatic carboxylic acids is 1. The third-order valence-electron chi connectivity index (χ3n) is 7.91. The fraction of sp³-hybridized carbons (Fsp3) is 0.788. The first-order valence-electron chi connectivity index (χ1n) is 17.4. The lowest BCUT2D eigenvalue weighted by Gasteiger charge is -2.29.